The van der Waals surface area contributed by atoms with Crippen LogP contribution in [0.25, 0.3) is 0 Å². The molecule has 1 fully saturated rings. The standard InChI is InChI=1S/C22H25ClN4O/c23-11-21(28)27-7-6-20-17(13-27)12-24-22(26-20)25-18-9-16-3-1-2-15(19(16)10-18)8-14-4-5-14/h1-3,12,14,18H,4-11,13H2,(H,24,25,26). The van der Waals surface area contributed by atoms with Crippen molar-refractivity contribution in [3.05, 3.63) is 52.3 Å². The molecule has 6 heteroatoms. The fourth-order valence-electron chi connectivity index (χ4n) is 4.52. The summed E-state index contributed by atoms with van der Waals surface area (Å²) in [6.45, 7) is 1.23. The first-order chi connectivity index (χ1) is 13.7. The van der Waals surface area contributed by atoms with Crippen LogP contribution in [0.3, 0.4) is 0 Å². The van der Waals surface area contributed by atoms with Crippen LogP contribution >= 0.6 is 11.6 Å². The van der Waals surface area contributed by atoms with E-state index < -0.39 is 0 Å². The number of aromatic nitrogens is 2. The molecule has 1 aliphatic heterocycles. The number of fused-ring (bicyclic) bond motifs is 2. The topological polar surface area (TPSA) is 58.1 Å². The lowest BCUT2D eigenvalue weighted by Gasteiger charge is -2.27. The van der Waals surface area contributed by atoms with Crippen LogP contribution in [0, 0.1) is 5.92 Å². The van der Waals surface area contributed by atoms with Crippen molar-refractivity contribution in [1.82, 2.24) is 14.9 Å². The number of halogens is 1. The predicted octanol–water partition coefficient (Wildman–Crippen LogP) is 3.13. The smallest absolute Gasteiger partial charge is 0.237 e. The Morgan fingerprint density at radius 1 is 1.25 bits per heavy atom. The fraction of sp³-hybridized carbons (Fsp3) is 0.500. The average molecular weight is 397 g/mol. The van der Waals surface area contributed by atoms with Crippen LogP contribution in [0.4, 0.5) is 5.95 Å². The zero-order chi connectivity index (χ0) is 19.1. The lowest BCUT2D eigenvalue weighted by Crippen LogP contribution is -2.37. The molecule has 5 nitrogen and oxygen atoms in total. The molecular weight excluding hydrogens is 372 g/mol. The van der Waals surface area contributed by atoms with Gasteiger partial charge in [-0.25, -0.2) is 9.97 Å². The van der Waals surface area contributed by atoms with E-state index in [0.717, 1.165) is 36.4 Å². The maximum atomic E-state index is 11.8. The molecule has 0 radical (unpaired) electrons. The molecule has 2 aromatic rings. The lowest BCUT2D eigenvalue weighted by molar-refractivity contribution is -0.129. The maximum Gasteiger partial charge on any atom is 0.237 e. The summed E-state index contributed by atoms with van der Waals surface area (Å²) in [4.78, 5) is 22.9. The van der Waals surface area contributed by atoms with Crippen molar-refractivity contribution in [2.75, 3.05) is 17.7 Å². The number of nitrogens with one attached hydrogen (secondary N) is 1. The van der Waals surface area contributed by atoms with E-state index in [4.69, 9.17) is 16.6 Å². The van der Waals surface area contributed by atoms with Crippen molar-refractivity contribution in [1.29, 1.82) is 0 Å². The van der Waals surface area contributed by atoms with Gasteiger partial charge in [-0.05, 0) is 54.7 Å². The Morgan fingerprint density at radius 3 is 2.96 bits per heavy atom. The van der Waals surface area contributed by atoms with Crippen molar-refractivity contribution >= 4 is 23.5 Å². The highest BCUT2D eigenvalue weighted by Crippen LogP contribution is 2.36. The Morgan fingerprint density at radius 2 is 2.14 bits per heavy atom. The fourth-order valence-corrected chi connectivity index (χ4v) is 4.69. The minimum atomic E-state index is -0.0276. The minimum Gasteiger partial charge on any atom is -0.351 e. The molecule has 0 saturated heterocycles. The summed E-state index contributed by atoms with van der Waals surface area (Å²) in [5.41, 5.74) is 6.63. The van der Waals surface area contributed by atoms with Gasteiger partial charge in [0.15, 0.2) is 0 Å². The van der Waals surface area contributed by atoms with Crippen molar-refractivity contribution < 1.29 is 4.79 Å². The third-order valence-corrected chi connectivity index (χ3v) is 6.46. The van der Waals surface area contributed by atoms with E-state index in [9.17, 15) is 4.79 Å². The number of hydrogen-bond donors (Lipinski definition) is 1. The Kier molecular flexibility index (Phi) is 4.71. The highest BCUT2D eigenvalue weighted by molar-refractivity contribution is 6.27. The summed E-state index contributed by atoms with van der Waals surface area (Å²) >= 11 is 5.68. The molecule has 0 bridgehead atoms. The molecule has 2 heterocycles. The summed E-state index contributed by atoms with van der Waals surface area (Å²) in [6.07, 6.45) is 8.72. The molecule has 28 heavy (non-hydrogen) atoms. The quantitative estimate of drug-likeness (QED) is 0.789. The van der Waals surface area contributed by atoms with Gasteiger partial charge >= 0.3 is 0 Å². The van der Waals surface area contributed by atoms with E-state index in [0.29, 0.717) is 25.1 Å². The third kappa shape index (κ3) is 3.60. The number of hydrogen-bond acceptors (Lipinski definition) is 4. The molecule has 1 atom stereocenters. The Hall–Kier alpha value is -2.14. The first kappa shape index (κ1) is 17.9. The molecule has 0 spiro atoms. The number of amides is 1. The minimum absolute atomic E-state index is 0.0276. The van der Waals surface area contributed by atoms with E-state index >= 15 is 0 Å². The van der Waals surface area contributed by atoms with Gasteiger partial charge in [-0.3, -0.25) is 4.79 Å². The average Bonchev–Trinajstić information content (AvgIpc) is 3.44. The lowest BCUT2D eigenvalue weighted by atomic mass is 9.99. The first-order valence-electron chi connectivity index (χ1n) is 10.2. The molecule has 1 N–H and O–H groups in total. The van der Waals surface area contributed by atoms with E-state index in [-0.39, 0.29) is 11.8 Å². The summed E-state index contributed by atoms with van der Waals surface area (Å²) in [7, 11) is 0. The second-order valence-corrected chi connectivity index (χ2v) is 8.58. The van der Waals surface area contributed by atoms with Crippen LogP contribution in [0.1, 0.15) is 40.8 Å². The monoisotopic (exact) mass is 396 g/mol. The number of carbonyl (C=O) groups is 1. The second kappa shape index (κ2) is 7.36. The van der Waals surface area contributed by atoms with Gasteiger partial charge in [-0.15, -0.1) is 11.6 Å². The van der Waals surface area contributed by atoms with Crippen LogP contribution in [-0.2, 0) is 37.0 Å². The van der Waals surface area contributed by atoms with E-state index in [1.54, 1.807) is 16.0 Å². The van der Waals surface area contributed by atoms with Crippen molar-refractivity contribution in [2.45, 2.75) is 51.1 Å². The molecule has 3 aliphatic rings. The molecule has 1 aromatic heterocycles. The maximum absolute atomic E-state index is 11.8. The normalized spacial score (nSPS) is 20.6. The highest BCUT2D eigenvalue weighted by Gasteiger charge is 2.28. The molecule has 1 saturated carbocycles. The van der Waals surface area contributed by atoms with Crippen LogP contribution in [0.15, 0.2) is 24.4 Å². The van der Waals surface area contributed by atoms with E-state index in [2.05, 4.69) is 28.5 Å². The number of anilines is 1. The van der Waals surface area contributed by atoms with Crippen LogP contribution in [-0.4, -0.2) is 39.2 Å². The Bertz CT molecular complexity index is 911. The molecule has 1 aromatic carbocycles. The number of alkyl halides is 1. The number of nitrogens with zero attached hydrogens (tertiary/aromatic N) is 3. The first-order valence-corrected chi connectivity index (χ1v) is 10.8. The second-order valence-electron chi connectivity index (χ2n) is 8.32. The Balaban J connectivity index is 1.27. The molecule has 2 aliphatic carbocycles. The van der Waals surface area contributed by atoms with Crippen LogP contribution < -0.4 is 5.32 Å². The van der Waals surface area contributed by atoms with Gasteiger partial charge in [0.05, 0.1) is 5.69 Å². The highest BCUT2D eigenvalue weighted by atomic mass is 35.5. The molecule has 5 rings (SSSR count). The van der Waals surface area contributed by atoms with Crippen molar-refractivity contribution in [2.24, 2.45) is 5.92 Å². The SMILES string of the molecule is O=C(CCl)N1CCc2nc(NC3Cc4cccc(CC5CC5)c4C3)ncc2C1. The Labute approximate surface area is 170 Å². The predicted molar refractivity (Wildman–Crippen MR) is 110 cm³/mol. The van der Waals surface area contributed by atoms with Crippen molar-refractivity contribution in [3.63, 3.8) is 0 Å². The van der Waals surface area contributed by atoms with Gasteiger partial charge in [0.25, 0.3) is 0 Å². The van der Waals surface area contributed by atoms with Gasteiger partial charge in [-0.2, -0.15) is 0 Å². The number of benzene rings is 1. The zero-order valence-electron chi connectivity index (χ0n) is 16.0. The van der Waals surface area contributed by atoms with Gasteiger partial charge in [0.1, 0.15) is 5.88 Å². The largest absolute Gasteiger partial charge is 0.351 e. The molecular formula is C22H25ClN4O. The molecule has 146 valence electrons. The van der Waals surface area contributed by atoms with E-state index in [1.807, 2.05) is 6.20 Å². The third-order valence-electron chi connectivity index (χ3n) is 6.23. The van der Waals surface area contributed by atoms with Crippen LogP contribution in [0.5, 0.6) is 0 Å². The number of carbonyl (C=O) groups excluding carboxylic acids is 1. The summed E-state index contributed by atoms with van der Waals surface area (Å²) < 4.78 is 0. The van der Waals surface area contributed by atoms with E-state index in [1.165, 1.54) is 24.8 Å². The van der Waals surface area contributed by atoms with Gasteiger partial charge in [0.2, 0.25) is 11.9 Å². The summed E-state index contributed by atoms with van der Waals surface area (Å²) in [6, 6.07) is 7.14. The number of rotatable bonds is 5. The summed E-state index contributed by atoms with van der Waals surface area (Å²) in [5, 5.41) is 3.56. The van der Waals surface area contributed by atoms with Gasteiger partial charge < -0.3 is 10.2 Å². The van der Waals surface area contributed by atoms with Crippen molar-refractivity contribution in [3.8, 4) is 0 Å². The van der Waals surface area contributed by atoms with Crippen LogP contribution in [0.2, 0.25) is 0 Å². The molecule has 1 amide bonds. The van der Waals surface area contributed by atoms with Gasteiger partial charge in [0, 0.05) is 37.3 Å². The molecule has 1 unspecified atom stereocenters. The van der Waals surface area contributed by atoms with Gasteiger partial charge in [-0.1, -0.05) is 18.2 Å². The summed E-state index contributed by atoms with van der Waals surface area (Å²) in [5.74, 6) is 1.62. The zero-order valence-corrected chi connectivity index (χ0v) is 16.7.